The third kappa shape index (κ3) is 8.40. The van der Waals surface area contributed by atoms with Crippen molar-refractivity contribution in [1.29, 1.82) is 0 Å². The Morgan fingerprint density at radius 2 is 2.16 bits per heavy atom. The average molecular weight is 412 g/mol. The topological polar surface area (TPSA) is 76.1 Å². The van der Waals surface area contributed by atoms with Gasteiger partial charge in [0.2, 0.25) is 5.13 Å². The van der Waals surface area contributed by atoms with Crippen LogP contribution in [0.3, 0.4) is 0 Å². The number of thiophene rings is 1. The van der Waals surface area contributed by atoms with Gasteiger partial charge in [-0.2, -0.15) is 13.2 Å². The standard InChI is InChI=1S/C13H15F3N4O2S3/c14-13(15,16)8-22-11(21)18-5-7-24-12-20-19-10(25-12)17-4-3-9-2-1-6-23-9/h1-2,6H,3-5,7-8H2,(H,17,19)(H,18,21). The lowest BCUT2D eigenvalue weighted by molar-refractivity contribution is -0.160. The number of nitrogens with zero attached hydrogens (tertiary/aromatic N) is 2. The third-order valence-corrected chi connectivity index (χ3v) is 5.55. The Balaban J connectivity index is 1.57. The van der Waals surface area contributed by atoms with Crippen molar-refractivity contribution in [1.82, 2.24) is 15.5 Å². The van der Waals surface area contributed by atoms with Crippen molar-refractivity contribution in [3.63, 3.8) is 0 Å². The van der Waals surface area contributed by atoms with Crippen LogP contribution in [0.5, 0.6) is 0 Å². The summed E-state index contributed by atoms with van der Waals surface area (Å²) < 4.78 is 40.3. The molecule has 138 valence electrons. The quantitative estimate of drug-likeness (QED) is 0.484. The van der Waals surface area contributed by atoms with Crippen molar-refractivity contribution in [3.8, 4) is 0 Å². The van der Waals surface area contributed by atoms with Crippen molar-refractivity contribution in [2.75, 3.05) is 30.8 Å². The summed E-state index contributed by atoms with van der Waals surface area (Å²) in [5.41, 5.74) is 0. The molecule has 0 bridgehead atoms. The van der Waals surface area contributed by atoms with E-state index in [1.807, 2.05) is 11.4 Å². The number of ether oxygens (including phenoxy) is 1. The number of nitrogens with one attached hydrogen (secondary N) is 2. The van der Waals surface area contributed by atoms with Gasteiger partial charge in [0.25, 0.3) is 0 Å². The number of amides is 1. The Morgan fingerprint density at radius 3 is 2.88 bits per heavy atom. The van der Waals surface area contributed by atoms with Gasteiger partial charge in [0.1, 0.15) is 0 Å². The van der Waals surface area contributed by atoms with E-state index in [0.29, 0.717) is 15.2 Å². The van der Waals surface area contributed by atoms with Gasteiger partial charge in [-0.05, 0) is 17.9 Å². The molecule has 0 aliphatic carbocycles. The molecule has 0 aliphatic rings. The SMILES string of the molecule is O=C(NCCSc1nnc(NCCc2cccs2)s1)OCC(F)(F)F. The van der Waals surface area contributed by atoms with Crippen LogP contribution >= 0.6 is 34.4 Å². The number of anilines is 1. The molecule has 12 heteroatoms. The van der Waals surface area contributed by atoms with Gasteiger partial charge in [-0.3, -0.25) is 0 Å². The van der Waals surface area contributed by atoms with Crippen LogP contribution in [0.15, 0.2) is 21.9 Å². The van der Waals surface area contributed by atoms with Crippen LogP contribution in [-0.2, 0) is 11.2 Å². The van der Waals surface area contributed by atoms with Crippen LogP contribution in [0, 0.1) is 0 Å². The molecule has 0 atom stereocenters. The summed E-state index contributed by atoms with van der Waals surface area (Å²) in [7, 11) is 0. The lowest BCUT2D eigenvalue weighted by atomic mass is 10.3. The zero-order valence-electron chi connectivity index (χ0n) is 12.8. The summed E-state index contributed by atoms with van der Waals surface area (Å²) in [4.78, 5) is 12.3. The van der Waals surface area contributed by atoms with E-state index in [1.54, 1.807) is 11.3 Å². The molecule has 0 spiro atoms. The first-order valence-corrected chi connectivity index (χ1v) is 9.80. The van der Waals surface area contributed by atoms with Crippen LogP contribution in [0.4, 0.5) is 23.1 Å². The maximum atomic E-state index is 11.9. The number of alkyl halides is 3. The molecule has 2 aromatic heterocycles. The highest BCUT2D eigenvalue weighted by molar-refractivity contribution is 8.01. The van der Waals surface area contributed by atoms with E-state index in [1.165, 1.54) is 28.0 Å². The van der Waals surface area contributed by atoms with Crippen LogP contribution < -0.4 is 10.6 Å². The largest absolute Gasteiger partial charge is 0.440 e. The van der Waals surface area contributed by atoms with Gasteiger partial charge in [-0.1, -0.05) is 29.2 Å². The summed E-state index contributed by atoms with van der Waals surface area (Å²) in [6, 6.07) is 4.08. The summed E-state index contributed by atoms with van der Waals surface area (Å²) in [5, 5.41) is 16.2. The van der Waals surface area contributed by atoms with E-state index >= 15 is 0 Å². The molecule has 0 fully saturated rings. The number of aromatic nitrogens is 2. The van der Waals surface area contributed by atoms with Crippen molar-refractivity contribution < 1.29 is 22.7 Å². The first-order chi connectivity index (χ1) is 11.9. The molecule has 25 heavy (non-hydrogen) atoms. The minimum Gasteiger partial charge on any atom is -0.440 e. The monoisotopic (exact) mass is 412 g/mol. The van der Waals surface area contributed by atoms with E-state index in [9.17, 15) is 18.0 Å². The number of halogens is 3. The second-order valence-electron chi connectivity index (χ2n) is 4.60. The molecule has 0 radical (unpaired) electrons. The molecule has 2 aromatic rings. The number of thioether (sulfide) groups is 1. The minimum absolute atomic E-state index is 0.169. The molecule has 2 N–H and O–H groups in total. The highest BCUT2D eigenvalue weighted by atomic mass is 32.2. The predicted molar refractivity (Wildman–Crippen MR) is 92.6 cm³/mol. The summed E-state index contributed by atoms with van der Waals surface area (Å²) >= 11 is 4.44. The predicted octanol–water partition coefficient (Wildman–Crippen LogP) is 3.63. The molecule has 0 aliphatic heterocycles. The second-order valence-corrected chi connectivity index (χ2v) is 7.95. The van der Waals surface area contributed by atoms with Crippen molar-refractivity contribution in [2.45, 2.75) is 16.9 Å². The molecule has 0 saturated carbocycles. The lowest BCUT2D eigenvalue weighted by Gasteiger charge is -2.08. The van der Waals surface area contributed by atoms with Gasteiger partial charge < -0.3 is 15.4 Å². The third-order valence-electron chi connectivity index (χ3n) is 2.60. The van der Waals surface area contributed by atoms with Crippen molar-refractivity contribution >= 4 is 45.7 Å². The highest BCUT2D eigenvalue weighted by Gasteiger charge is 2.29. The molecule has 0 unspecified atom stereocenters. The maximum Gasteiger partial charge on any atom is 0.422 e. The van der Waals surface area contributed by atoms with E-state index < -0.39 is 18.9 Å². The van der Waals surface area contributed by atoms with Gasteiger partial charge in [0, 0.05) is 23.7 Å². The first-order valence-electron chi connectivity index (χ1n) is 7.12. The smallest absolute Gasteiger partial charge is 0.422 e. The number of alkyl carbamates (subject to hydrolysis) is 1. The Kier molecular flexibility index (Phi) is 7.78. The van der Waals surface area contributed by atoms with Crippen LogP contribution in [-0.4, -0.2) is 47.9 Å². The fraction of sp³-hybridized carbons (Fsp3) is 0.462. The molecule has 0 saturated heterocycles. The molecular weight excluding hydrogens is 397 g/mol. The lowest BCUT2D eigenvalue weighted by Crippen LogP contribution is -2.30. The minimum atomic E-state index is -4.52. The van der Waals surface area contributed by atoms with Gasteiger partial charge in [0.05, 0.1) is 0 Å². The fourth-order valence-corrected chi connectivity index (χ4v) is 3.99. The maximum absolute atomic E-state index is 11.9. The summed E-state index contributed by atoms with van der Waals surface area (Å²) in [6.07, 6.45) is -4.71. The first kappa shape index (κ1) is 19.8. The average Bonchev–Trinajstić information content (AvgIpc) is 3.21. The number of carbonyl (C=O) groups excluding carboxylic acids is 1. The van der Waals surface area contributed by atoms with E-state index in [0.717, 1.165) is 13.0 Å². The molecule has 2 heterocycles. The summed E-state index contributed by atoms with van der Waals surface area (Å²) in [6.45, 7) is -0.669. The Labute approximate surface area is 154 Å². The number of rotatable bonds is 9. The van der Waals surface area contributed by atoms with E-state index in [2.05, 4.69) is 31.6 Å². The van der Waals surface area contributed by atoms with Gasteiger partial charge >= 0.3 is 12.3 Å². The molecular formula is C13H15F3N4O2S3. The summed E-state index contributed by atoms with van der Waals surface area (Å²) in [5.74, 6) is 0.449. The van der Waals surface area contributed by atoms with Crippen LogP contribution in [0.25, 0.3) is 0 Å². The Bertz CT molecular complexity index is 649. The Morgan fingerprint density at radius 1 is 1.32 bits per heavy atom. The zero-order chi connectivity index (χ0) is 18.1. The molecule has 1 amide bonds. The fourth-order valence-electron chi connectivity index (χ4n) is 1.58. The van der Waals surface area contributed by atoms with E-state index in [-0.39, 0.29) is 6.54 Å². The van der Waals surface area contributed by atoms with Gasteiger partial charge in [-0.15, -0.1) is 21.5 Å². The van der Waals surface area contributed by atoms with Crippen molar-refractivity contribution in [2.24, 2.45) is 0 Å². The van der Waals surface area contributed by atoms with Crippen LogP contribution in [0.2, 0.25) is 0 Å². The highest BCUT2D eigenvalue weighted by Crippen LogP contribution is 2.25. The van der Waals surface area contributed by atoms with Crippen LogP contribution in [0.1, 0.15) is 4.88 Å². The number of hydrogen-bond donors (Lipinski definition) is 2. The van der Waals surface area contributed by atoms with Gasteiger partial charge in [-0.25, -0.2) is 4.79 Å². The number of hydrogen-bond acceptors (Lipinski definition) is 8. The molecule has 0 aromatic carbocycles. The number of carbonyl (C=O) groups is 1. The zero-order valence-corrected chi connectivity index (χ0v) is 15.3. The van der Waals surface area contributed by atoms with Gasteiger partial charge in [0.15, 0.2) is 10.9 Å². The normalized spacial score (nSPS) is 11.3. The Hall–Kier alpha value is -1.53. The van der Waals surface area contributed by atoms with E-state index in [4.69, 9.17) is 0 Å². The molecule has 6 nitrogen and oxygen atoms in total. The second kappa shape index (κ2) is 9.82. The van der Waals surface area contributed by atoms with Crippen molar-refractivity contribution in [3.05, 3.63) is 22.4 Å². The molecule has 2 rings (SSSR count).